The number of fused-ring (bicyclic) bond motifs is 15. The zero-order valence-corrected chi connectivity index (χ0v) is 74.9. The summed E-state index contributed by atoms with van der Waals surface area (Å²) in [7, 11) is 0. The fourth-order valence-corrected chi connectivity index (χ4v) is 19.9. The molecule has 0 N–H and O–H groups in total. The van der Waals surface area contributed by atoms with Crippen molar-refractivity contribution >= 4 is 299 Å². The Labute approximate surface area is 730 Å². The molecule has 17 aromatic carbocycles. The number of hydrogen-bond acceptors (Lipinski definition) is 2. The average molecular weight is 2190 g/mol. The number of benzene rings is 17. The topological polar surface area (TPSA) is 23.0 Å². The van der Waals surface area contributed by atoms with E-state index in [0.29, 0.717) is 0 Å². The number of nitrogens with zero attached hydrogens (tertiary/aromatic N) is 2. The third kappa shape index (κ3) is 15.4. The van der Waals surface area contributed by atoms with E-state index in [0.717, 1.165) is 33.5 Å². The Kier molecular flexibility index (Phi) is 22.2. The van der Waals surface area contributed by atoms with E-state index in [-0.39, 0.29) is 0 Å². The molecule has 0 unspecified atom stereocenters. The quantitative estimate of drug-likeness (QED) is 0.124. The second-order valence-corrected chi connectivity index (χ2v) is 36.9. The molecule has 21 aromatic rings. The monoisotopic (exact) mass is 2190 g/mol. The minimum absolute atomic E-state index is 0.932. The Bertz CT molecular complexity index is 6630. The van der Waals surface area contributed by atoms with E-state index in [4.69, 9.17) is 4.42 Å². The third-order valence-corrected chi connectivity index (χ3v) is 25.8. The van der Waals surface area contributed by atoms with Crippen LogP contribution in [0.1, 0.15) is 0 Å². The molecule has 0 aliphatic carbocycles. The largest absolute Gasteiger partial charge is 0.456 e. The van der Waals surface area contributed by atoms with Crippen molar-refractivity contribution in [3.63, 3.8) is 0 Å². The molecule has 0 amide bonds. The van der Waals surface area contributed by atoms with Crippen molar-refractivity contribution in [3.05, 3.63) is 382 Å². The molecule has 0 atom stereocenters. The van der Waals surface area contributed by atoms with E-state index in [1.54, 1.807) is 0 Å². The van der Waals surface area contributed by atoms with Gasteiger partial charge < -0.3 is 13.6 Å². The van der Waals surface area contributed by atoms with Crippen LogP contribution in [0.5, 0.6) is 0 Å². The number of aromatic nitrogens is 2. The second-order valence-electron chi connectivity index (χ2n) is 26.2. The SMILES string of the molecule is Brc1ccc(-c2c3ccccc3c(-c3cccc4ccccc34)c3ccccc23)cc1.Brc1ccc2c(c1)c1cc(I)ccc1n2-c1ccc(-c2ccccc2)cc1.Brc1ccc2c(c1)c1cc(I)ccc1n2-c1ccccc1.Brc1ccc2c(c1)oc1cc(I)ccc12.Brc1ccc2c(c1)sc1cc(I)ccc12. The molecule has 0 fully saturated rings. The van der Waals surface area contributed by atoms with Gasteiger partial charge in [-0.2, -0.15) is 0 Å². The minimum Gasteiger partial charge on any atom is -0.456 e. The van der Waals surface area contributed by atoms with Crippen molar-refractivity contribution in [2.45, 2.75) is 0 Å². The summed E-state index contributed by atoms with van der Waals surface area (Å²) in [6.07, 6.45) is 0. The van der Waals surface area contributed by atoms with Gasteiger partial charge in [0.05, 0.1) is 22.1 Å². The standard InChI is InChI=1S/C30H19Br.C24H15BrIN.C18H11BrIN.C12H6BrIO.C12H6BrIS/c31-22-18-16-21(17-19-22)29-25-11-3-5-13-27(25)30(28-14-6-4-12-26(28)29)24-15-7-9-20-8-1-2-10-23(20)24;25-18-8-12-23-21(14-18)22-15-19(26)9-13-24(22)27(23)20-10-6-17(7-11-20)16-4-2-1-3-5-16;19-12-6-8-17-15(10-12)16-11-13(20)7-9-18(16)21(17)14-4-2-1-3-5-14;2*13-7-1-3-9-10-4-2-8(14)6-12(10)15-11(9)5-7/h1-19H;1-15H;1-11H;2*1-6H. The maximum absolute atomic E-state index is 5.78. The van der Waals surface area contributed by atoms with Gasteiger partial charge in [-0.3, -0.25) is 0 Å². The lowest BCUT2D eigenvalue weighted by Gasteiger charge is -2.18. The Balaban J connectivity index is 0.000000102. The van der Waals surface area contributed by atoms with Crippen LogP contribution in [0.4, 0.5) is 0 Å². The van der Waals surface area contributed by atoms with Crippen molar-refractivity contribution in [1.82, 2.24) is 9.13 Å². The fraction of sp³-hybridized carbons (Fsp3) is 0. The van der Waals surface area contributed by atoms with Gasteiger partial charge in [-0.15, -0.1) is 11.3 Å². The van der Waals surface area contributed by atoms with Crippen LogP contribution < -0.4 is 0 Å². The normalized spacial score (nSPS) is 11.3. The highest BCUT2D eigenvalue weighted by atomic mass is 127. The Morgan fingerprint density at radius 3 is 1.20 bits per heavy atom. The van der Waals surface area contributed by atoms with E-state index in [9.17, 15) is 0 Å². The molecular weight excluding hydrogens is 2140 g/mol. The summed E-state index contributed by atoms with van der Waals surface area (Å²) in [5.74, 6) is 0. The highest BCUT2D eigenvalue weighted by Crippen LogP contribution is 2.46. The van der Waals surface area contributed by atoms with Crippen LogP contribution in [-0.4, -0.2) is 9.13 Å². The van der Waals surface area contributed by atoms with Gasteiger partial charge in [0, 0.05) is 101 Å². The van der Waals surface area contributed by atoms with Crippen LogP contribution in [0.2, 0.25) is 0 Å². The fourth-order valence-electron chi connectivity index (χ4n) is 14.7. The van der Waals surface area contributed by atoms with Crippen LogP contribution in [0.15, 0.2) is 373 Å². The summed E-state index contributed by atoms with van der Waals surface area (Å²) in [6, 6.07) is 123. The van der Waals surface area contributed by atoms with E-state index >= 15 is 0 Å². The molecule has 0 saturated heterocycles. The predicted octanol–water partition coefficient (Wildman–Crippen LogP) is 33.6. The number of hydrogen-bond donors (Lipinski definition) is 0. The summed E-state index contributed by atoms with van der Waals surface area (Å²) in [6.45, 7) is 0. The summed E-state index contributed by atoms with van der Waals surface area (Å²) in [5.41, 5.74) is 16.8. The zero-order chi connectivity index (χ0) is 74.4. The highest BCUT2D eigenvalue weighted by molar-refractivity contribution is 14.1. The van der Waals surface area contributed by atoms with E-state index in [2.05, 4.69) is 513 Å². The summed E-state index contributed by atoms with van der Waals surface area (Å²) in [5, 5.41) is 17.9. The van der Waals surface area contributed by atoms with E-state index < -0.39 is 0 Å². The summed E-state index contributed by atoms with van der Waals surface area (Å²) in [4.78, 5) is 0. The summed E-state index contributed by atoms with van der Waals surface area (Å²) < 4.78 is 23.7. The molecule has 4 heterocycles. The van der Waals surface area contributed by atoms with Gasteiger partial charge in [0.15, 0.2) is 0 Å². The number of para-hydroxylation sites is 1. The maximum Gasteiger partial charge on any atom is 0.136 e. The molecule has 109 heavy (non-hydrogen) atoms. The van der Waals surface area contributed by atoms with E-state index in [1.165, 1.54) is 166 Å². The molecule has 0 saturated carbocycles. The van der Waals surface area contributed by atoms with Crippen LogP contribution in [0.3, 0.4) is 0 Å². The van der Waals surface area contributed by atoms with Crippen molar-refractivity contribution in [1.29, 1.82) is 0 Å². The van der Waals surface area contributed by atoms with Crippen LogP contribution in [0.25, 0.3) is 163 Å². The predicted molar refractivity (Wildman–Crippen MR) is 519 cm³/mol. The van der Waals surface area contributed by atoms with Gasteiger partial charge in [0.25, 0.3) is 0 Å². The first-order chi connectivity index (χ1) is 53.2. The highest BCUT2D eigenvalue weighted by Gasteiger charge is 2.20. The second kappa shape index (κ2) is 32.7. The lowest BCUT2D eigenvalue weighted by atomic mass is 9.85. The molecule has 0 spiro atoms. The van der Waals surface area contributed by atoms with Gasteiger partial charge >= 0.3 is 0 Å². The molecule has 0 aliphatic rings. The molecular formula is C96H57Br5I4N2OS. The first-order valence-electron chi connectivity index (χ1n) is 35.0. The molecule has 21 rings (SSSR count). The minimum atomic E-state index is 0.932. The van der Waals surface area contributed by atoms with Crippen molar-refractivity contribution in [2.75, 3.05) is 0 Å². The van der Waals surface area contributed by atoms with Crippen molar-refractivity contribution < 1.29 is 4.42 Å². The molecule has 13 heteroatoms. The smallest absolute Gasteiger partial charge is 0.136 e. The molecule has 0 radical (unpaired) electrons. The van der Waals surface area contributed by atoms with Crippen molar-refractivity contribution in [2.24, 2.45) is 0 Å². The Hall–Kier alpha value is -7.54. The van der Waals surface area contributed by atoms with Crippen molar-refractivity contribution in [3.8, 4) is 44.8 Å². The van der Waals surface area contributed by atoms with Gasteiger partial charge in [-0.25, -0.2) is 0 Å². The number of thiophene rings is 1. The third-order valence-electron chi connectivity index (χ3n) is 19.5. The van der Waals surface area contributed by atoms with Gasteiger partial charge in [0.1, 0.15) is 11.2 Å². The van der Waals surface area contributed by atoms with Gasteiger partial charge in [-0.1, -0.05) is 256 Å². The van der Waals surface area contributed by atoms with Gasteiger partial charge in [-0.05, 0) is 326 Å². The molecule has 3 nitrogen and oxygen atoms in total. The molecule has 526 valence electrons. The van der Waals surface area contributed by atoms with E-state index in [1.807, 2.05) is 23.5 Å². The lowest BCUT2D eigenvalue weighted by molar-refractivity contribution is 0.668. The molecule has 0 aliphatic heterocycles. The lowest BCUT2D eigenvalue weighted by Crippen LogP contribution is -1.93. The number of halogens is 9. The molecule has 4 aromatic heterocycles. The average Bonchev–Trinajstić information content (AvgIpc) is 1.41. The van der Waals surface area contributed by atoms with Crippen LogP contribution in [0, 0.1) is 14.3 Å². The first-order valence-corrected chi connectivity index (χ1v) is 44.0. The Morgan fingerprint density at radius 1 is 0.239 bits per heavy atom. The zero-order valence-electron chi connectivity index (χ0n) is 57.5. The van der Waals surface area contributed by atoms with Crippen LogP contribution in [-0.2, 0) is 0 Å². The molecule has 0 bridgehead atoms. The first kappa shape index (κ1) is 74.2. The summed E-state index contributed by atoms with van der Waals surface area (Å²) >= 11 is 29.0. The Morgan fingerprint density at radius 2 is 0.615 bits per heavy atom. The number of furan rings is 1. The maximum atomic E-state index is 5.78. The number of rotatable bonds is 5. The van der Waals surface area contributed by atoms with Crippen LogP contribution >= 0.6 is 181 Å². The van der Waals surface area contributed by atoms with Gasteiger partial charge in [0.2, 0.25) is 0 Å².